The van der Waals surface area contributed by atoms with Crippen LogP contribution in [-0.4, -0.2) is 20.2 Å². The summed E-state index contributed by atoms with van der Waals surface area (Å²) < 4.78 is 0. The van der Waals surface area contributed by atoms with E-state index >= 15 is 0 Å². The number of phenols is 1. The van der Waals surface area contributed by atoms with E-state index in [1.807, 2.05) is 12.1 Å². The number of aromatic hydroxyl groups is 1. The molecule has 130 valence electrons. The molecule has 0 saturated heterocycles. The number of nitrogens with one attached hydrogen (secondary N) is 1. The molecule has 5 heteroatoms. The van der Waals surface area contributed by atoms with Crippen LogP contribution in [0.1, 0.15) is 58.4 Å². The quantitative estimate of drug-likeness (QED) is 0.742. The largest absolute Gasteiger partial charge is 0.507 e. The van der Waals surface area contributed by atoms with Gasteiger partial charge in [-0.15, -0.1) is 0 Å². The van der Waals surface area contributed by atoms with Gasteiger partial charge < -0.3 is 15.5 Å². The summed E-state index contributed by atoms with van der Waals surface area (Å²) in [6.07, 6.45) is 3.13. The molecule has 0 aliphatic carbocycles. The number of nitrogens with zero attached hydrogens (tertiary/aromatic N) is 2. The molecular formula is C19H27N3O2. The molecule has 3 N–H and O–H groups in total. The number of phenolic OH excluding ortho intramolecular Hbond substituents is 1. The zero-order chi connectivity index (χ0) is 18.1. The Morgan fingerprint density at radius 1 is 0.917 bits per heavy atom. The molecule has 0 aliphatic rings. The normalized spacial score (nSPS) is 12.3. The van der Waals surface area contributed by atoms with Gasteiger partial charge in [0, 0.05) is 16.8 Å². The highest BCUT2D eigenvalue weighted by Gasteiger charge is 2.26. The minimum absolute atomic E-state index is 0.130. The third kappa shape index (κ3) is 4.03. The van der Waals surface area contributed by atoms with Gasteiger partial charge in [-0.2, -0.15) is 0 Å². The van der Waals surface area contributed by atoms with Crippen LogP contribution >= 0.6 is 0 Å². The first-order valence-electron chi connectivity index (χ1n) is 8.09. The van der Waals surface area contributed by atoms with E-state index < -0.39 is 0 Å². The van der Waals surface area contributed by atoms with Gasteiger partial charge in [0.2, 0.25) is 0 Å². The molecule has 0 amide bonds. The van der Waals surface area contributed by atoms with Gasteiger partial charge in [0.25, 0.3) is 0 Å². The second-order valence-electron chi connectivity index (χ2n) is 8.10. The van der Waals surface area contributed by atoms with Crippen molar-refractivity contribution in [1.29, 1.82) is 0 Å². The number of hydrogen-bond acceptors (Lipinski definition) is 5. The van der Waals surface area contributed by atoms with Crippen LogP contribution in [0.25, 0.3) is 0 Å². The zero-order valence-corrected chi connectivity index (χ0v) is 15.3. The molecule has 0 radical (unpaired) electrons. The van der Waals surface area contributed by atoms with Crippen molar-refractivity contribution >= 4 is 11.5 Å². The number of benzene rings is 1. The standard InChI is InChI=1S/C19H27N3O2/c1-18(2,3)14-7-12(8-15(17(14)24)19(4,5)6)22-16-10-20-13(11-23)9-21-16/h7-10,23-24H,11H2,1-6H3,(H,21,22). The lowest BCUT2D eigenvalue weighted by molar-refractivity contribution is 0.276. The predicted molar refractivity (Wildman–Crippen MR) is 96.7 cm³/mol. The fourth-order valence-electron chi connectivity index (χ4n) is 2.50. The van der Waals surface area contributed by atoms with Crippen LogP contribution in [0.4, 0.5) is 11.5 Å². The zero-order valence-electron chi connectivity index (χ0n) is 15.3. The van der Waals surface area contributed by atoms with Crippen LogP contribution in [0, 0.1) is 0 Å². The Morgan fingerprint density at radius 3 is 1.83 bits per heavy atom. The van der Waals surface area contributed by atoms with Gasteiger partial charge in [-0.3, -0.25) is 4.98 Å². The number of hydrogen-bond donors (Lipinski definition) is 3. The van der Waals surface area contributed by atoms with E-state index in [4.69, 9.17) is 5.11 Å². The Morgan fingerprint density at radius 2 is 1.46 bits per heavy atom. The molecular weight excluding hydrogens is 302 g/mol. The highest BCUT2D eigenvalue weighted by atomic mass is 16.3. The van der Waals surface area contributed by atoms with E-state index in [1.54, 1.807) is 6.20 Å². The van der Waals surface area contributed by atoms with Gasteiger partial charge in [0.15, 0.2) is 0 Å². The fourth-order valence-corrected chi connectivity index (χ4v) is 2.50. The Kier molecular flexibility index (Phi) is 4.85. The van der Waals surface area contributed by atoms with E-state index in [-0.39, 0.29) is 17.4 Å². The molecule has 0 aliphatic heterocycles. The van der Waals surface area contributed by atoms with Crippen molar-refractivity contribution < 1.29 is 10.2 Å². The molecule has 1 heterocycles. The monoisotopic (exact) mass is 329 g/mol. The summed E-state index contributed by atoms with van der Waals surface area (Å²) in [5.74, 6) is 0.944. The lowest BCUT2D eigenvalue weighted by Gasteiger charge is -2.28. The van der Waals surface area contributed by atoms with Crippen molar-refractivity contribution in [3.8, 4) is 5.75 Å². The van der Waals surface area contributed by atoms with Crippen LogP contribution in [0.5, 0.6) is 5.75 Å². The first-order valence-corrected chi connectivity index (χ1v) is 8.09. The number of aliphatic hydroxyl groups excluding tert-OH is 1. The van der Waals surface area contributed by atoms with Gasteiger partial charge in [-0.25, -0.2) is 4.98 Å². The predicted octanol–water partition coefficient (Wildman–Crippen LogP) is 4.01. The highest BCUT2D eigenvalue weighted by Crippen LogP contribution is 2.41. The number of rotatable bonds is 3. The lowest BCUT2D eigenvalue weighted by atomic mass is 9.79. The molecule has 1 aromatic carbocycles. The third-order valence-electron chi connectivity index (χ3n) is 3.87. The first kappa shape index (κ1) is 18.2. The Bertz CT molecular complexity index is 676. The van der Waals surface area contributed by atoms with Crippen molar-refractivity contribution in [2.75, 3.05) is 5.32 Å². The third-order valence-corrected chi connectivity index (χ3v) is 3.87. The highest BCUT2D eigenvalue weighted by molar-refractivity contribution is 5.63. The van der Waals surface area contributed by atoms with Crippen LogP contribution in [-0.2, 0) is 17.4 Å². The van der Waals surface area contributed by atoms with Crippen molar-refractivity contribution in [2.24, 2.45) is 0 Å². The average Bonchev–Trinajstić information content (AvgIpc) is 2.47. The average molecular weight is 329 g/mol. The van der Waals surface area contributed by atoms with E-state index in [0.717, 1.165) is 16.8 Å². The summed E-state index contributed by atoms with van der Waals surface area (Å²) in [7, 11) is 0. The van der Waals surface area contributed by atoms with Crippen LogP contribution in [0.2, 0.25) is 0 Å². The Balaban J connectivity index is 2.49. The minimum Gasteiger partial charge on any atom is -0.507 e. The smallest absolute Gasteiger partial charge is 0.148 e. The van der Waals surface area contributed by atoms with E-state index in [2.05, 4.69) is 56.8 Å². The molecule has 0 atom stereocenters. The number of aliphatic hydroxyl groups is 1. The molecule has 5 nitrogen and oxygen atoms in total. The van der Waals surface area contributed by atoms with Gasteiger partial charge in [0.1, 0.15) is 11.6 Å². The van der Waals surface area contributed by atoms with Gasteiger partial charge >= 0.3 is 0 Å². The summed E-state index contributed by atoms with van der Waals surface area (Å²) in [6.45, 7) is 12.3. The molecule has 0 unspecified atom stereocenters. The maximum atomic E-state index is 10.7. The van der Waals surface area contributed by atoms with Crippen molar-refractivity contribution in [3.05, 3.63) is 41.3 Å². The van der Waals surface area contributed by atoms with Crippen LogP contribution in [0.15, 0.2) is 24.5 Å². The summed E-state index contributed by atoms with van der Waals surface area (Å²) in [6, 6.07) is 3.90. The summed E-state index contributed by atoms with van der Waals surface area (Å²) in [5, 5.41) is 23.0. The summed E-state index contributed by atoms with van der Waals surface area (Å²) in [4.78, 5) is 8.38. The topological polar surface area (TPSA) is 78.3 Å². The van der Waals surface area contributed by atoms with E-state index in [9.17, 15) is 5.11 Å². The summed E-state index contributed by atoms with van der Waals surface area (Å²) >= 11 is 0. The van der Waals surface area contributed by atoms with Gasteiger partial charge in [0.05, 0.1) is 24.7 Å². The van der Waals surface area contributed by atoms with E-state index in [1.165, 1.54) is 6.20 Å². The van der Waals surface area contributed by atoms with Crippen LogP contribution < -0.4 is 5.32 Å². The fraction of sp³-hybridized carbons (Fsp3) is 0.474. The van der Waals surface area contributed by atoms with Crippen molar-refractivity contribution in [1.82, 2.24) is 9.97 Å². The van der Waals surface area contributed by atoms with Crippen LogP contribution in [0.3, 0.4) is 0 Å². The number of anilines is 2. The molecule has 1 aromatic heterocycles. The second-order valence-corrected chi connectivity index (χ2v) is 8.10. The number of aromatic nitrogens is 2. The minimum atomic E-state index is -0.186. The first-order chi connectivity index (χ1) is 11.0. The molecule has 0 spiro atoms. The van der Waals surface area contributed by atoms with Crippen molar-refractivity contribution in [3.63, 3.8) is 0 Å². The molecule has 0 bridgehead atoms. The summed E-state index contributed by atoms with van der Waals surface area (Å²) in [5.41, 5.74) is 2.78. The molecule has 0 fully saturated rings. The molecule has 2 rings (SSSR count). The molecule has 2 aromatic rings. The second kappa shape index (κ2) is 6.40. The lowest BCUT2D eigenvalue weighted by Crippen LogP contribution is -2.17. The maximum absolute atomic E-state index is 10.7. The van der Waals surface area contributed by atoms with Gasteiger partial charge in [-0.05, 0) is 23.0 Å². The molecule has 24 heavy (non-hydrogen) atoms. The Labute approximate surface area is 143 Å². The maximum Gasteiger partial charge on any atom is 0.148 e. The SMILES string of the molecule is CC(C)(C)c1cc(Nc2cnc(CO)cn2)cc(C(C)(C)C)c1O. The Hall–Kier alpha value is -2.14. The van der Waals surface area contributed by atoms with E-state index in [0.29, 0.717) is 17.3 Å². The van der Waals surface area contributed by atoms with Gasteiger partial charge in [-0.1, -0.05) is 41.5 Å². The molecule has 0 saturated carbocycles. The van der Waals surface area contributed by atoms with Crippen molar-refractivity contribution in [2.45, 2.75) is 59.0 Å².